The number of carbonyl (C=O) groups excluding carboxylic acids is 2. The number of fused-ring (bicyclic) bond motifs is 2. The zero-order valence-corrected chi connectivity index (χ0v) is 18.2. The molecular weight excluding hydrogens is 412 g/mol. The molecule has 1 aromatic carbocycles. The third-order valence-electron chi connectivity index (χ3n) is 6.21. The van der Waals surface area contributed by atoms with Gasteiger partial charge in [-0.15, -0.1) is 0 Å². The van der Waals surface area contributed by atoms with E-state index in [2.05, 4.69) is 10.3 Å². The molecule has 3 aliphatic rings. The van der Waals surface area contributed by atoms with Gasteiger partial charge in [0, 0.05) is 25.1 Å². The first-order valence-corrected chi connectivity index (χ1v) is 11.4. The number of carboxylic acids is 1. The van der Waals surface area contributed by atoms with Crippen molar-refractivity contribution in [1.82, 2.24) is 15.1 Å². The van der Waals surface area contributed by atoms with Crippen LogP contribution in [0, 0.1) is 5.92 Å². The highest BCUT2D eigenvalue weighted by atomic mass is 16.5. The zero-order chi connectivity index (χ0) is 22.5. The third-order valence-corrected chi connectivity index (χ3v) is 6.21. The Hall–Kier alpha value is -3.10. The minimum atomic E-state index is -0.972. The predicted octanol–water partition coefficient (Wildman–Crippen LogP) is 2.27. The van der Waals surface area contributed by atoms with Crippen molar-refractivity contribution in [2.45, 2.75) is 51.5 Å². The van der Waals surface area contributed by atoms with Crippen molar-refractivity contribution in [3.63, 3.8) is 0 Å². The van der Waals surface area contributed by atoms with Gasteiger partial charge < -0.3 is 19.6 Å². The summed E-state index contributed by atoms with van der Waals surface area (Å²) < 4.78 is 5.83. The summed E-state index contributed by atoms with van der Waals surface area (Å²) >= 11 is 0. The Labute approximate surface area is 187 Å². The molecule has 172 valence electrons. The molecule has 1 aliphatic carbocycles. The van der Waals surface area contributed by atoms with Crippen LogP contribution >= 0.6 is 0 Å². The van der Waals surface area contributed by atoms with Crippen LogP contribution in [0.1, 0.15) is 50.5 Å². The van der Waals surface area contributed by atoms with E-state index in [1.54, 1.807) is 0 Å². The lowest BCUT2D eigenvalue weighted by Gasteiger charge is -2.29. The molecule has 0 atom stereocenters. The van der Waals surface area contributed by atoms with Gasteiger partial charge in [-0.2, -0.15) is 0 Å². The molecule has 9 heteroatoms. The summed E-state index contributed by atoms with van der Waals surface area (Å²) in [6, 6.07) is 5.61. The van der Waals surface area contributed by atoms with Gasteiger partial charge in [0.25, 0.3) is 0 Å². The minimum absolute atomic E-state index is 0.0573. The molecule has 9 nitrogen and oxygen atoms in total. The van der Waals surface area contributed by atoms with Gasteiger partial charge >= 0.3 is 5.97 Å². The maximum atomic E-state index is 12.6. The number of benzene rings is 1. The van der Waals surface area contributed by atoms with Gasteiger partial charge in [-0.1, -0.05) is 19.3 Å². The van der Waals surface area contributed by atoms with Crippen LogP contribution in [-0.4, -0.2) is 64.9 Å². The van der Waals surface area contributed by atoms with E-state index in [4.69, 9.17) is 4.74 Å². The number of rotatable bonds is 9. The Kier molecular flexibility index (Phi) is 6.92. The van der Waals surface area contributed by atoms with Gasteiger partial charge in [0.05, 0.1) is 12.3 Å². The summed E-state index contributed by atoms with van der Waals surface area (Å²) in [6.07, 6.45) is 6.46. The predicted molar refractivity (Wildman–Crippen MR) is 118 cm³/mol. The van der Waals surface area contributed by atoms with Crippen molar-refractivity contribution < 1.29 is 24.2 Å². The number of aliphatic carboxylic acids is 1. The van der Waals surface area contributed by atoms with Gasteiger partial charge in [0.1, 0.15) is 18.8 Å². The quantitative estimate of drug-likeness (QED) is 0.568. The number of amides is 2. The molecule has 2 heterocycles. The first-order chi connectivity index (χ1) is 15.5. The summed E-state index contributed by atoms with van der Waals surface area (Å²) in [5.41, 5.74) is 1.80. The highest BCUT2D eigenvalue weighted by Crippen LogP contribution is 2.30. The van der Waals surface area contributed by atoms with E-state index in [0.29, 0.717) is 50.3 Å². The maximum absolute atomic E-state index is 12.6. The number of aliphatic imine (C=N–C) groups is 1. The molecule has 0 bridgehead atoms. The molecule has 1 saturated heterocycles. The van der Waals surface area contributed by atoms with Crippen LogP contribution < -0.4 is 10.1 Å². The lowest BCUT2D eigenvalue weighted by molar-refractivity contribution is -0.145. The van der Waals surface area contributed by atoms with E-state index in [1.165, 1.54) is 11.3 Å². The SMILES string of the molecule is O=C(O)CN(CC1CCCCC1)C(=O)CCCOc1ccc2c(c1)CN1CC(=O)NC1=N2. The number of ether oxygens (including phenoxy) is 1. The summed E-state index contributed by atoms with van der Waals surface area (Å²) in [6.45, 7) is 1.56. The van der Waals surface area contributed by atoms with Crippen LogP contribution in [0.5, 0.6) is 5.75 Å². The highest BCUT2D eigenvalue weighted by Gasteiger charge is 2.29. The standard InChI is InChI=1S/C23H30N4O5/c28-20-14-27-13-17-11-18(8-9-19(17)24-23(27)25-20)32-10-4-7-21(29)26(15-22(30)31)12-16-5-2-1-3-6-16/h8-9,11,16H,1-7,10,12-15H2,(H,30,31)(H,24,25,28). The molecule has 2 aliphatic heterocycles. The molecule has 0 aromatic heterocycles. The number of carbonyl (C=O) groups is 3. The Balaban J connectivity index is 1.25. The first-order valence-electron chi connectivity index (χ1n) is 11.4. The molecular formula is C23H30N4O5. The molecule has 1 saturated carbocycles. The van der Waals surface area contributed by atoms with Crippen LogP contribution in [0.25, 0.3) is 0 Å². The molecule has 4 rings (SSSR count). The second kappa shape index (κ2) is 10.0. The van der Waals surface area contributed by atoms with Crippen LogP contribution in [0.4, 0.5) is 5.69 Å². The minimum Gasteiger partial charge on any atom is -0.494 e. The highest BCUT2D eigenvalue weighted by molar-refractivity contribution is 6.05. The van der Waals surface area contributed by atoms with Crippen molar-refractivity contribution in [2.24, 2.45) is 10.9 Å². The van der Waals surface area contributed by atoms with Crippen molar-refractivity contribution in [3.05, 3.63) is 23.8 Å². The van der Waals surface area contributed by atoms with E-state index in [1.807, 2.05) is 23.1 Å². The summed E-state index contributed by atoms with van der Waals surface area (Å²) in [5.74, 6) is 0.535. The Morgan fingerprint density at radius 3 is 2.81 bits per heavy atom. The monoisotopic (exact) mass is 442 g/mol. The first kappa shape index (κ1) is 22.1. The number of nitrogens with zero attached hydrogens (tertiary/aromatic N) is 3. The van der Waals surface area contributed by atoms with Gasteiger partial charge in [0.15, 0.2) is 0 Å². The van der Waals surface area contributed by atoms with E-state index in [-0.39, 0.29) is 24.8 Å². The van der Waals surface area contributed by atoms with Crippen LogP contribution in [0.15, 0.2) is 23.2 Å². The molecule has 0 spiro atoms. The van der Waals surface area contributed by atoms with Gasteiger partial charge in [-0.3, -0.25) is 19.7 Å². The Morgan fingerprint density at radius 1 is 1.22 bits per heavy atom. The Morgan fingerprint density at radius 2 is 2.03 bits per heavy atom. The smallest absolute Gasteiger partial charge is 0.323 e. The topological polar surface area (TPSA) is 112 Å². The van der Waals surface area contributed by atoms with Gasteiger partial charge in [-0.25, -0.2) is 4.99 Å². The molecule has 32 heavy (non-hydrogen) atoms. The van der Waals surface area contributed by atoms with Gasteiger partial charge in [-0.05, 0) is 43.4 Å². The van der Waals surface area contributed by atoms with E-state index in [0.717, 1.165) is 36.9 Å². The maximum Gasteiger partial charge on any atom is 0.323 e. The van der Waals surface area contributed by atoms with E-state index in [9.17, 15) is 19.5 Å². The Bertz CT molecular complexity index is 910. The number of hydrogen-bond acceptors (Lipinski definition) is 6. The fraction of sp³-hybridized carbons (Fsp3) is 0.565. The number of guanidine groups is 1. The zero-order valence-electron chi connectivity index (χ0n) is 18.2. The van der Waals surface area contributed by atoms with Crippen LogP contribution in [0.3, 0.4) is 0 Å². The van der Waals surface area contributed by atoms with E-state index < -0.39 is 5.97 Å². The largest absolute Gasteiger partial charge is 0.494 e. The second-order valence-corrected chi connectivity index (χ2v) is 8.75. The molecule has 2 fully saturated rings. The fourth-order valence-corrected chi connectivity index (χ4v) is 4.60. The number of carboxylic acid groups (broad SMARTS) is 1. The summed E-state index contributed by atoms with van der Waals surface area (Å²) in [5, 5.41) is 11.9. The summed E-state index contributed by atoms with van der Waals surface area (Å²) in [7, 11) is 0. The second-order valence-electron chi connectivity index (χ2n) is 8.75. The van der Waals surface area contributed by atoms with Crippen LogP contribution in [0.2, 0.25) is 0 Å². The molecule has 0 unspecified atom stereocenters. The average Bonchev–Trinajstić information content (AvgIpc) is 3.13. The lowest BCUT2D eigenvalue weighted by atomic mass is 9.89. The molecule has 1 aromatic rings. The van der Waals surface area contributed by atoms with Crippen molar-refractivity contribution in [3.8, 4) is 5.75 Å². The van der Waals surface area contributed by atoms with Crippen LogP contribution in [-0.2, 0) is 20.9 Å². The van der Waals surface area contributed by atoms with Crippen molar-refractivity contribution in [1.29, 1.82) is 0 Å². The third kappa shape index (κ3) is 5.57. The molecule has 2 amide bonds. The van der Waals surface area contributed by atoms with E-state index >= 15 is 0 Å². The van der Waals surface area contributed by atoms with Crippen molar-refractivity contribution in [2.75, 3.05) is 26.2 Å². The van der Waals surface area contributed by atoms with Crippen molar-refractivity contribution >= 4 is 29.4 Å². The lowest BCUT2D eigenvalue weighted by Crippen LogP contribution is -2.39. The molecule has 2 N–H and O–H groups in total. The summed E-state index contributed by atoms with van der Waals surface area (Å²) in [4.78, 5) is 43.3. The van der Waals surface area contributed by atoms with Gasteiger partial charge in [0.2, 0.25) is 17.8 Å². The molecule has 0 radical (unpaired) electrons. The average molecular weight is 443 g/mol. The normalized spacial score (nSPS) is 17.8. The fourth-order valence-electron chi connectivity index (χ4n) is 4.60. The number of hydrogen-bond donors (Lipinski definition) is 2. The number of nitrogens with one attached hydrogen (secondary N) is 1.